The summed E-state index contributed by atoms with van der Waals surface area (Å²) in [6.07, 6.45) is 0.931. The fourth-order valence-corrected chi connectivity index (χ4v) is 4.32. The van der Waals surface area contributed by atoms with Gasteiger partial charge < -0.3 is 9.80 Å². The van der Waals surface area contributed by atoms with Crippen molar-refractivity contribution >= 4 is 29.4 Å². The maximum absolute atomic E-state index is 12.9. The standard InChI is InChI=1S/C20H26ClN3O3/c1-13(2)12-24-19(27)22(4)18(26)20(24)7-9-23(10-8-20)17(25)16-6-5-15(21)11-14(16)3/h5-6,11,13H,7-10,12H2,1-4H3. The van der Waals surface area contributed by atoms with E-state index in [1.54, 1.807) is 35.0 Å². The minimum Gasteiger partial charge on any atom is -0.338 e. The summed E-state index contributed by atoms with van der Waals surface area (Å²) in [5.74, 6) is 0.0592. The van der Waals surface area contributed by atoms with Crippen molar-refractivity contribution < 1.29 is 14.4 Å². The highest BCUT2D eigenvalue weighted by Gasteiger charge is 2.57. The molecule has 1 spiro atoms. The van der Waals surface area contributed by atoms with Gasteiger partial charge >= 0.3 is 6.03 Å². The van der Waals surface area contributed by atoms with Gasteiger partial charge in [0.15, 0.2) is 0 Å². The number of halogens is 1. The van der Waals surface area contributed by atoms with E-state index in [1.807, 2.05) is 20.8 Å². The average molecular weight is 392 g/mol. The molecular weight excluding hydrogens is 366 g/mol. The highest BCUT2D eigenvalue weighted by atomic mass is 35.5. The molecule has 0 saturated carbocycles. The lowest BCUT2D eigenvalue weighted by Gasteiger charge is -2.42. The normalized spacial score (nSPS) is 19.6. The molecule has 0 aromatic heterocycles. The summed E-state index contributed by atoms with van der Waals surface area (Å²) in [5, 5.41) is 0.601. The van der Waals surface area contributed by atoms with Gasteiger partial charge in [-0.25, -0.2) is 4.79 Å². The molecule has 0 radical (unpaired) electrons. The molecule has 6 nitrogen and oxygen atoms in total. The molecule has 7 heteroatoms. The van der Waals surface area contributed by atoms with E-state index in [4.69, 9.17) is 11.6 Å². The number of nitrogens with zero attached hydrogens (tertiary/aromatic N) is 3. The predicted octanol–water partition coefficient (Wildman–Crippen LogP) is 3.17. The summed E-state index contributed by atoms with van der Waals surface area (Å²) in [6.45, 7) is 7.37. The first-order chi connectivity index (χ1) is 12.7. The molecule has 2 saturated heterocycles. The zero-order valence-corrected chi connectivity index (χ0v) is 17.0. The van der Waals surface area contributed by atoms with Crippen molar-refractivity contribution in [3.05, 3.63) is 34.3 Å². The van der Waals surface area contributed by atoms with Gasteiger partial charge in [-0.2, -0.15) is 0 Å². The molecule has 0 atom stereocenters. The van der Waals surface area contributed by atoms with Gasteiger partial charge in [-0.1, -0.05) is 25.4 Å². The molecular formula is C20H26ClN3O3. The first kappa shape index (κ1) is 19.7. The molecule has 0 bridgehead atoms. The first-order valence-electron chi connectivity index (χ1n) is 9.32. The van der Waals surface area contributed by atoms with Crippen molar-refractivity contribution in [2.45, 2.75) is 39.2 Å². The molecule has 0 unspecified atom stereocenters. The number of likely N-dealkylation sites (tertiary alicyclic amines) is 1. The second-order valence-corrected chi connectivity index (χ2v) is 8.37. The van der Waals surface area contributed by atoms with Gasteiger partial charge in [-0.15, -0.1) is 0 Å². The van der Waals surface area contributed by atoms with Gasteiger partial charge in [0.1, 0.15) is 5.54 Å². The number of hydrogen-bond acceptors (Lipinski definition) is 3. The number of urea groups is 1. The van der Waals surface area contributed by atoms with Crippen LogP contribution in [0, 0.1) is 12.8 Å². The highest BCUT2D eigenvalue weighted by Crippen LogP contribution is 2.37. The number of hydrogen-bond donors (Lipinski definition) is 0. The van der Waals surface area contributed by atoms with E-state index >= 15 is 0 Å². The summed E-state index contributed by atoms with van der Waals surface area (Å²) in [4.78, 5) is 43.1. The molecule has 2 heterocycles. The van der Waals surface area contributed by atoms with Crippen LogP contribution >= 0.6 is 11.6 Å². The number of aryl methyl sites for hydroxylation is 1. The van der Waals surface area contributed by atoms with E-state index in [0.717, 1.165) is 5.56 Å². The monoisotopic (exact) mass is 391 g/mol. The highest BCUT2D eigenvalue weighted by molar-refractivity contribution is 6.30. The first-order valence-corrected chi connectivity index (χ1v) is 9.70. The Balaban J connectivity index is 1.79. The van der Waals surface area contributed by atoms with Gasteiger partial charge in [-0.3, -0.25) is 14.5 Å². The van der Waals surface area contributed by atoms with E-state index in [2.05, 4.69) is 0 Å². The second-order valence-electron chi connectivity index (χ2n) is 7.93. The van der Waals surface area contributed by atoms with Crippen LogP contribution in [-0.2, 0) is 4.79 Å². The van der Waals surface area contributed by atoms with Gasteiger partial charge in [0.25, 0.3) is 11.8 Å². The Labute approximate surface area is 165 Å². The van der Waals surface area contributed by atoms with E-state index in [-0.39, 0.29) is 23.8 Å². The van der Waals surface area contributed by atoms with Crippen LogP contribution in [0.3, 0.4) is 0 Å². The molecule has 2 fully saturated rings. The molecule has 2 aliphatic heterocycles. The van der Waals surface area contributed by atoms with Crippen LogP contribution in [0.15, 0.2) is 18.2 Å². The van der Waals surface area contributed by atoms with E-state index in [9.17, 15) is 14.4 Å². The lowest BCUT2D eigenvalue weighted by Crippen LogP contribution is -2.58. The van der Waals surface area contributed by atoms with Crippen LogP contribution in [0.5, 0.6) is 0 Å². The third-order valence-electron chi connectivity index (χ3n) is 5.58. The predicted molar refractivity (Wildman–Crippen MR) is 104 cm³/mol. The molecule has 146 valence electrons. The topological polar surface area (TPSA) is 60.9 Å². The van der Waals surface area contributed by atoms with Crippen molar-refractivity contribution in [3.8, 4) is 0 Å². The van der Waals surface area contributed by atoms with E-state index in [1.165, 1.54) is 4.90 Å². The summed E-state index contributed by atoms with van der Waals surface area (Å²) in [7, 11) is 1.54. The van der Waals surface area contributed by atoms with Gasteiger partial charge in [0, 0.05) is 37.3 Å². The van der Waals surface area contributed by atoms with Crippen molar-refractivity contribution in [3.63, 3.8) is 0 Å². The lowest BCUT2D eigenvalue weighted by molar-refractivity contribution is -0.134. The second kappa shape index (κ2) is 7.15. The minimum absolute atomic E-state index is 0.0560. The van der Waals surface area contributed by atoms with Crippen LogP contribution in [0.1, 0.15) is 42.6 Å². The quantitative estimate of drug-likeness (QED) is 0.743. The van der Waals surface area contributed by atoms with Gasteiger partial charge in [-0.05, 0) is 49.4 Å². The van der Waals surface area contributed by atoms with Gasteiger partial charge in [0.2, 0.25) is 0 Å². The van der Waals surface area contributed by atoms with Crippen molar-refractivity contribution in [2.24, 2.45) is 5.92 Å². The maximum atomic E-state index is 12.9. The average Bonchev–Trinajstić information content (AvgIpc) is 2.78. The number of carbonyl (C=O) groups excluding carboxylic acids is 3. The SMILES string of the molecule is Cc1cc(Cl)ccc1C(=O)N1CCC2(CC1)C(=O)N(C)C(=O)N2CC(C)C. The Morgan fingerprint density at radius 2 is 1.85 bits per heavy atom. The van der Waals surface area contributed by atoms with E-state index < -0.39 is 5.54 Å². The fraction of sp³-hybridized carbons (Fsp3) is 0.550. The van der Waals surface area contributed by atoms with E-state index in [0.29, 0.717) is 43.1 Å². The lowest BCUT2D eigenvalue weighted by atomic mass is 9.85. The summed E-state index contributed by atoms with van der Waals surface area (Å²) in [5.41, 5.74) is 0.642. The largest absolute Gasteiger partial charge is 0.338 e. The molecule has 0 N–H and O–H groups in total. The van der Waals surface area contributed by atoms with Crippen LogP contribution in [0.2, 0.25) is 5.02 Å². The minimum atomic E-state index is -0.818. The van der Waals surface area contributed by atoms with Crippen LogP contribution in [0.4, 0.5) is 4.79 Å². The molecule has 1 aromatic rings. The number of amides is 4. The molecule has 3 rings (SSSR count). The Morgan fingerprint density at radius 1 is 1.22 bits per heavy atom. The van der Waals surface area contributed by atoms with Gasteiger partial charge in [0.05, 0.1) is 0 Å². The number of likely N-dealkylation sites (N-methyl/N-ethyl adjacent to an activating group) is 1. The number of piperidine rings is 1. The number of imide groups is 1. The Hall–Kier alpha value is -2.08. The Morgan fingerprint density at radius 3 is 2.41 bits per heavy atom. The van der Waals surface area contributed by atoms with Crippen molar-refractivity contribution in [1.82, 2.24) is 14.7 Å². The summed E-state index contributed by atoms with van der Waals surface area (Å²) >= 11 is 5.99. The zero-order valence-electron chi connectivity index (χ0n) is 16.3. The molecule has 27 heavy (non-hydrogen) atoms. The van der Waals surface area contributed by atoms with Crippen LogP contribution in [0.25, 0.3) is 0 Å². The summed E-state index contributed by atoms with van der Waals surface area (Å²) in [6, 6.07) is 5.00. The Bertz CT molecular complexity index is 785. The molecule has 2 aliphatic rings. The fourth-order valence-electron chi connectivity index (χ4n) is 4.10. The molecule has 0 aliphatic carbocycles. The van der Waals surface area contributed by atoms with Crippen LogP contribution in [-0.4, -0.2) is 64.8 Å². The van der Waals surface area contributed by atoms with Crippen molar-refractivity contribution in [1.29, 1.82) is 0 Å². The maximum Gasteiger partial charge on any atom is 0.327 e. The molecule has 4 amide bonds. The smallest absolute Gasteiger partial charge is 0.327 e. The zero-order chi connectivity index (χ0) is 19.9. The third-order valence-corrected chi connectivity index (χ3v) is 5.82. The number of benzene rings is 1. The number of rotatable bonds is 3. The Kier molecular flexibility index (Phi) is 5.21. The van der Waals surface area contributed by atoms with Crippen molar-refractivity contribution in [2.75, 3.05) is 26.7 Å². The van der Waals surface area contributed by atoms with Crippen LogP contribution < -0.4 is 0 Å². The number of carbonyl (C=O) groups is 3. The third kappa shape index (κ3) is 3.31. The molecule has 1 aromatic carbocycles. The summed E-state index contributed by atoms with van der Waals surface area (Å²) < 4.78 is 0.